The first-order valence-corrected chi connectivity index (χ1v) is 3.55. The van der Waals surface area contributed by atoms with Crippen LogP contribution in [0.2, 0.25) is 0 Å². The van der Waals surface area contributed by atoms with Gasteiger partial charge in [0.15, 0.2) is 5.78 Å². The van der Waals surface area contributed by atoms with E-state index in [4.69, 9.17) is 0 Å². The molecule has 0 rings (SSSR count). The lowest BCUT2D eigenvalue weighted by atomic mass is 10.1. The molecule has 10 heavy (non-hydrogen) atoms. The van der Waals surface area contributed by atoms with E-state index in [1.807, 2.05) is 19.9 Å². The van der Waals surface area contributed by atoms with Gasteiger partial charge in [-0.25, -0.2) is 0 Å². The highest BCUT2D eigenvalue weighted by atomic mass is 16.1. The van der Waals surface area contributed by atoms with Gasteiger partial charge in [-0.3, -0.25) is 4.79 Å². The summed E-state index contributed by atoms with van der Waals surface area (Å²) in [5, 5.41) is 0. The smallest absolute Gasteiger partial charge is 0.158 e. The third-order valence-corrected chi connectivity index (χ3v) is 1.39. The molecule has 1 heteroatoms. The normalized spacial score (nSPS) is 11.2. The highest BCUT2D eigenvalue weighted by Crippen LogP contribution is 2.05. The summed E-state index contributed by atoms with van der Waals surface area (Å²) in [6.45, 7) is 7.32. The number of carbonyl (C=O) groups is 1. The van der Waals surface area contributed by atoms with E-state index >= 15 is 0 Å². The lowest BCUT2D eigenvalue weighted by molar-refractivity contribution is -0.115. The molecule has 0 fully saturated rings. The Labute approximate surface area is 62.4 Å². The van der Waals surface area contributed by atoms with Crippen molar-refractivity contribution in [3.63, 3.8) is 0 Å². The molecule has 0 atom stereocenters. The van der Waals surface area contributed by atoms with Crippen LogP contribution in [0, 0.1) is 0 Å². The van der Waals surface area contributed by atoms with Crippen LogP contribution in [0.3, 0.4) is 0 Å². The molecule has 0 aromatic rings. The van der Waals surface area contributed by atoms with Gasteiger partial charge < -0.3 is 0 Å². The molecule has 0 heterocycles. The van der Waals surface area contributed by atoms with Crippen molar-refractivity contribution in [2.24, 2.45) is 0 Å². The van der Waals surface area contributed by atoms with Crippen molar-refractivity contribution in [1.29, 1.82) is 0 Å². The predicted octanol–water partition coefficient (Wildman–Crippen LogP) is 2.49. The van der Waals surface area contributed by atoms with Crippen molar-refractivity contribution >= 4 is 5.78 Å². The van der Waals surface area contributed by atoms with Crippen molar-refractivity contribution in [3.8, 4) is 0 Å². The van der Waals surface area contributed by atoms with E-state index in [0.717, 1.165) is 5.57 Å². The summed E-state index contributed by atoms with van der Waals surface area (Å²) in [6, 6.07) is 0. The quantitative estimate of drug-likeness (QED) is 0.431. The summed E-state index contributed by atoms with van der Waals surface area (Å²) in [4.78, 5) is 11.0. The van der Waals surface area contributed by atoms with Crippen LogP contribution in [0.15, 0.2) is 24.3 Å². The van der Waals surface area contributed by atoms with Crippen LogP contribution in [0.5, 0.6) is 0 Å². The molecule has 0 aromatic carbocycles. The summed E-state index contributed by atoms with van der Waals surface area (Å²) in [5.41, 5.74) is 0.873. The number of hydrogen-bond donors (Lipinski definition) is 0. The van der Waals surface area contributed by atoms with Gasteiger partial charge in [0.2, 0.25) is 0 Å². The first kappa shape index (κ1) is 9.15. The number of hydrogen-bond acceptors (Lipinski definition) is 1. The number of ketones is 1. The predicted molar refractivity (Wildman–Crippen MR) is 43.9 cm³/mol. The molecule has 0 amide bonds. The van der Waals surface area contributed by atoms with Gasteiger partial charge in [-0.2, -0.15) is 0 Å². The second kappa shape index (κ2) is 4.98. The van der Waals surface area contributed by atoms with Crippen molar-refractivity contribution in [3.05, 3.63) is 24.3 Å². The van der Waals surface area contributed by atoms with Gasteiger partial charge in [0, 0.05) is 6.42 Å². The molecule has 0 radical (unpaired) electrons. The molecule has 0 bridgehead atoms. The van der Waals surface area contributed by atoms with Crippen LogP contribution in [0.1, 0.15) is 26.7 Å². The number of Topliss-reactive ketones (excluding diaryl/α,β-unsaturated/α-hetero) is 1. The second-order valence-corrected chi connectivity index (χ2v) is 2.08. The van der Waals surface area contributed by atoms with Gasteiger partial charge in [0.1, 0.15) is 0 Å². The Kier molecular flexibility index (Phi) is 4.55. The minimum absolute atomic E-state index is 0.224. The molecule has 0 saturated carbocycles. The molecular formula is C9H14O. The fourth-order valence-electron chi connectivity index (χ4n) is 0.775. The van der Waals surface area contributed by atoms with E-state index in [9.17, 15) is 4.79 Å². The number of allylic oxidation sites excluding steroid dienone is 3. The zero-order valence-corrected chi connectivity index (χ0v) is 6.68. The molecule has 0 aromatic heterocycles. The number of carbonyl (C=O) groups excluding carboxylic acids is 1. The lowest BCUT2D eigenvalue weighted by Gasteiger charge is -1.97. The first-order valence-electron chi connectivity index (χ1n) is 3.55. The highest BCUT2D eigenvalue weighted by molar-refractivity contribution is 5.95. The van der Waals surface area contributed by atoms with Crippen molar-refractivity contribution in [2.45, 2.75) is 26.7 Å². The molecule has 56 valence electrons. The molecule has 0 aliphatic heterocycles. The van der Waals surface area contributed by atoms with E-state index in [0.29, 0.717) is 12.8 Å². The summed E-state index contributed by atoms with van der Waals surface area (Å²) in [6.07, 6.45) is 4.90. The zero-order valence-electron chi connectivity index (χ0n) is 6.68. The van der Waals surface area contributed by atoms with E-state index in [1.54, 1.807) is 6.08 Å². The van der Waals surface area contributed by atoms with Crippen molar-refractivity contribution in [2.75, 3.05) is 0 Å². The SMILES string of the molecule is C=CC/C(=C/C)C(=O)CC. The van der Waals surface area contributed by atoms with E-state index < -0.39 is 0 Å². The Morgan fingerprint density at radius 2 is 2.20 bits per heavy atom. The summed E-state index contributed by atoms with van der Waals surface area (Å²) >= 11 is 0. The maximum Gasteiger partial charge on any atom is 0.158 e. The Bertz CT molecular complexity index is 154. The minimum atomic E-state index is 0.224. The van der Waals surface area contributed by atoms with Crippen LogP contribution in [0.4, 0.5) is 0 Å². The first-order chi connectivity index (χ1) is 4.76. The third kappa shape index (κ3) is 2.62. The molecule has 0 N–H and O–H groups in total. The van der Waals surface area contributed by atoms with Gasteiger partial charge in [0.25, 0.3) is 0 Å². The zero-order chi connectivity index (χ0) is 7.98. The third-order valence-electron chi connectivity index (χ3n) is 1.39. The van der Waals surface area contributed by atoms with Crippen LogP contribution in [-0.2, 0) is 4.79 Å². The molecule has 0 saturated heterocycles. The molecular weight excluding hydrogens is 124 g/mol. The van der Waals surface area contributed by atoms with Gasteiger partial charge >= 0.3 is 0 Å². The Morgan fingerprint density at radius 1 is 1.60 bits per heavy atom. The molecule has 0 spiro atoms. The maximum absolute atomic E-state index is 11.0. The Morgan fingerprint density at radius 3 is 2.50 bits per heavy atom. The second-order valence-electron chi connectivity index (χ2n) is 2.08. The van der Waals surface area contributed by atoms with Gasteiger partial charge in [-0.05, 0) is 18.9 Å². The van der Waals surface area contributed by atoms with Crippen LogP contribution in [0.25, 0.3) is 0 Å². The fourth-order valence-corrected chi connectivity index (χ4v) is 0.775. The van der Waals surface area contributed by atoms with Gasteiger partial charge in [-0.1, -0.05) is 19.1 Å². The Hall–Kier alpha value is -0.850. The van der Waals surface area contributed by atoms with E-state index in [1.165, 1.54) is 0 Å². The monoisotopic (exact) mass is 138 g/mol. The molecule has 0 unspecified atom stereocenters. The largest absolute Gasteiger partial charge is 0.295 e. The fraction of sp³-hybridized carbons (Fsp3) is 0.444. The average molecular weight is 138 g/mol. The minimum Gasteiger partial charge on any atom is -0.295 e. The van der Waals surface area contributed by atoms with Crippen molar-refractivity contribution in [1.82, 2.24) is 0 Å². The lowest BCUT2D eigenvalue weighted by Crippen LogP contribution is -1.98. The average Bonchev–Trinajstić information content (AvgIpc) is 1.99. The maximum atomic E-state index is 11.0. The molecule has 0 aliphatic carbocycles. The van der Waals surface area contributed by atoms with Crippen LogP contribution >= 0.6 is 0 Å². The van der Waals surface area contributed by atoms with Crippen LogP contribution < -0.4 is 0 Å². The summed E-state index contributed by atoms with van der Waals surface area (Å²) in [7, 11) is 0. The number of rotatable bonds is 4. The van der Waals surface area contributed by atoms with Crippen molar-refractivity contribution < 1.29 is 4.79 Å². The standard InChI is InChI=1S/C9H14O/c1-4-7-8(5-2)9(10)6-3/h4-5H,1,6-7H2,2-3H3/b8-5-. The molecule has 0 aliphatic rings. The topological polar surface area (TPSA) is 17.1 Å². The van der Waals surface area contributed by atoms with E-state index in [-0.39, 0.29) is 5.78 Å². The van der Waals surface area contributed by atoms with E-state index in [2.05, 4.69) is 6.58 Å². The van der Waals surface area contributed by atoms with Gasteiger partial charge in [0.05, 0.1) is 0 Å². The summed E-state index contributed by atoms with van der Waals surface area (Å²) in [5.74, 6) is 0.224. The Balaban J connectivity index is 4.08. The van der Waals surface area contributed by atoms with Crippen LogP contribution in [-0.4, -0.2) is 5.78 Å². The highest BCUT2D eigenvalue weighted by Gasteiger charge is 2.01. The van der Waals surface area contributed by atoms with Gasteiger partial charge in [-0.15, -0.1) is 6.58 Å². The molecule has 1 nitrogen and oxygen atoms in total. The summed E-state index contributed by atoms with van der Waals surface area (Å²) < 4.78 is 0.